The maximum absolute atomic E-state index is 11.5. The molecular formula is C11H15BrN2O. The average molecular weight is 271 g/mol. The molecule has 0 aliphatic rings. The lowest BCUT2D eigenvalue weighted by Crippen LogP contribution is -2.31. The summed E-state index contributed by atoms with van der Waals surface area (Å²) in [5.41, 5.74) is 1.01. The molecule has 0 bridgehead atoms. The summed E-state index contributed by atoms with van der Waals surface area (Å²) >= 11 is 3.41. The summed E-state index contributed by atoms with van der Waals surface area (Å²) in [7, 11) is 1.86. The van der Waals surface area contributed by atoms with Gasteiger partial charge in [0.25, 0.3) is 0 Å². The monoisotopic (exact) mass is 270 g/mol. The van der Waals surface area contributed by atoms with Gasteiger partial charge in [-0.25, -0.2) is 0 Å². The molecule has 0 heterocycles. The highest BCUT2D eigenvalue weighted by molar-refractivity contribution is 9.10. The van der Waals surface area contributed by atoms with Gasteiger partial charge in [0.15, 0.2) is 0 Å². The summed E-state index contributed by atoms with van der Waals surface area (Å²) in [5, 5.41) is 5.81. The van der Waals surface area contributed by atoms with Gasteiger partial charge in [0.1, 0.15) is 0 Å². The van der Waals surface area contributed by atoms with Gasteiger partial charge in [-0.3, -0.25) is 4.79 Å². The van der Waals surface area contributed by atoms with Crippen LogP contribution in [0, 0.1) is 0 Å². The van der Waals surface area contributed by atoms with Crippen molar-refractivity contribution >= 4 is 21.8 Å². The van der Waals surface area contributed by atoms with Crippen LogP contribution in [0.2, 0.25) is 0 Å². The molecule has 0 atom stereocenters. The quantitative estimate of drug-likeness (QED) is 0.793. The maximum Gasteiger partial charge on any atom is 0.224 e. The number of hydrogen-bond acceptors (Lipinski definition) is 2. The van der Waals surface area contributed by atoms with Crippen LogP contribution in [-0.2, 0) is 11.2 Å². The lowest BCUT2D eigenvalue weighted by atomic mass is 10.1. The number of carbonyl (C=O) groups is 1. The van der Waals surface area contributed by atoms with Crippen molar-refractivity contribution in [2.24, 2.45) is 0 Å². The topological polar surface area (TPSA) is 41.1 Å². The van der Waals surface area contributed by atoms with E-state index >= 15 is 0 Å². The van der Waals surface area contributed by atoms with Crippen LogP contribution in [0.15, 0.2) is 28.7 Å². The minimum absolute atomic E-state index is 0.0529. The normalized spacial score (nSPS) is 10.0. The first-order chi connectivity index (χ1) is 7.24. The molecule has 82 valence electrons. The first kappa shape index (κ1) is 12.2. The van der Waals surface area contributed by atoms with E-state index in [-0.39, 0.29) is 5.91 Å². The smallest absolute Gasteiger partial charge is 0.224 e. The number of benzene rings is 1. The number of carbonyl (C=O) groups excluding carboxylic acids is 1. The molecule has 2 N–H and O–H groups in total. The molecule has 1 amide bonds. The van der Waals surface area contributed by atoms with Crippen molar-refractivity contribution in [2.45, 2.75) is 6.42 Å². The Hall–Kier alpha value is -0.870. The third-order valence-electron chi connectivity index (χ3n) is 2.01. The van der Waals surface area contributed by atoms with Crippen LogP contribution in [0.5, 0.6) is 0 Å². The fourth-order valence-electron chi connectivity index (χ4n) is 1.20. The summed E-state index contributed by atoms with van der Waals surface area (Å²) in [6, 6.07) is 7.76. The Morgan fingerprint density at radius 3 is 2.73 bits per heavy atom. The summed E-state index contributed by atoms with van der Waals surface area (Å²) in [6.07, 6.45) is 0.422. The van der Waals surface area contributed by atoms with Gasteiger partial charge in [-0.1, -0.05) is 34.1 Å². The van der Waals surface area contributed by atoms with Crippen LogP contribution in [0.25, 0.3) is 0 Å². The molecule has 0 radical (unpaired) electrons. The number of likely N-dealkylation sites (N-methyl/N-ethyl adjacent to an activating group) is 1. The fourth-order valence-corrected chi connectivity index (χ4v) is 1.63. The molecule has 0 fully saturated rings. The van der Waals surface area contributed by atoms with Gasteiger partial charge in [0.05, 0.1) is 6.42 Å². The highest BCUT2D eigenvalue weighted by Crippen LogP contribution is 2.15. The van der Waals surface area contributed by atoms with Crippen LogP contribution < -0.4 is 10.6 Å². The molecule has 0 aliphatic carbocycles. The molecule has 1 aromatic rings. The molecule has 3 nitrogen and oxygen atoms in total. The van der Waals surface area contributed by atoms with E-state index in [1.54, 1.807) is 0 Å². The van der Waals surface area contributed by atoms with Gasteiger partial charge in [-0.2, -0.15) is 0 Å². The lowest BCUT2D eigenvalue weighted by molar-refractivity contribution is -0.120. The molecule has 4 heteroatoms. The third kappa shape index (κ3) is 4.44. The number of hydrogen-bond donors (Lipinski definition) is 2. The molecular weight excluding hydrogens is 256 g/mol. The van der Waals surface area contributed by atoms with Crippen LogP contribution in [-0.4, -0.2) is 26.0 Å². The second-order valence-corrected chi connectivity index (χ2v) is 4.08. The van der Waals surface area contributed by atoms with Crippen molar-refractivity contribution in [3.63, 3.8) is 0 Å². The van der Waals surface area contributed by atoms with Crippen LogP contribution in [0.3, 0.4) is 0 Å². The zero-order valence-corrected chi connectivity index (χ0v) is 10.3. The number of rotatable bonds is 5. The first-order valence-electron chi connectivity index (χ1n) is 4.88. The summed E-state index contributed by atoms with van der Waals surface area (Å²) in [5.74, 6) is 0.0529. The first-order valence-corrected chi connectivity index (χ1v) is 5.68. The molecule has 0 saturated heterocycles. The van der Waals surface area contributed by atoms with Crippen molar-refractivity contribution in [1.82, 2.24) is 10.6 Å². The zero-order valence-electron chi connectivity index (χ0n) is 8.72. The van der Waals surface area contributed by atoms with E-state index in [2.05, 4.69) is 26.6 Å². The van der Waals surface area contributed by atoms with Crippen molar-refractivity contribution in [3.8, 4) is 0 Å². The largest absolute Gasteiger partial charge is 0.355 e. The molecule has 1 rings (SSSR count). The molecule has 0 spiro atoms. The zero-order chi connectivity index (χ0) is 11.1. The van der Waals surface area contributed by atoms with E-state index in [0.29, 0.717) is 13.0 Å². The van der Waals surface area contributed by atoms with Gasteiger partial charge >= 0.3 is 0 Å². The number of amides is 1. The second kappa shape index (κ2) is 6.58. The van der Waals surface area contributed by atoms with E-state index in [9.17, 15) is 4.79 Å². The Morgan fingerprint density at radius 1 is 1.33 bits per heavy atom. The SMILES string of the molecule is CNCCNC(=O)Cc1ccccc1Br. The van der Waals surface area contributed by atoms with Gasteiger partial charge in [-0.05, 0) is 18.7 Å². The fraction of sp³-hybridized carbons (Fsp3) is 0.364. The van der Waals surface area contributed by atoms with Crippen molar-refractivity contribution in [3.05, 3.63) is 34.3 Å². The summed E-state index contributed by atoms with van der Waals surface area (Å²) < 4.78 is 0.980. The number of nitrogens with one attached hydrogen (secondary N) is 2. The van der Waals surface area contributed by atoms with E-state index in [1.807, 2.05) is 31.3 Å². The standard InChI is InChI=1S/C11H15BrN2O/c1-13-6-7-14-11(15)8-9-4-2-3-5-10(9)12/h2-5,13H,6-8H2,1H3,(H,14,15). The summed E-state index contributed by atoms with van der Waals surface area (Å²) in [4.78, 5) is 11.5. The Bertz CT molecular complexity index is 328. The Labute approximate surface area is 98.4 Å². The highest BCUT2D eigenvalue weighted by Gasteiger charge is 2.04. The van der Waals surface area contributed by atoms with Crippen LogP contribution in [0.1, 0.15) is 5.56 Å². The third-order valence-corrected chi connectivity index (χ3v) is 2.78. The Kier molecular flexibility index (Phi) is 5.36. The summed E-state index contributed by atoms with van der Waals surface area (Å²) in [6.45, 7) is 1.46. The molecule has 0 aromatic heterocycles. The molecule has 0 saturated carbocycles. The van der Waals surface area contributed by atoms with Crippen molar-refractivity contribution in [2.75, 3.05) is 20.1 Å². The van der Waals surface area contributed by atoms with Gasteiger partial charge < -0.3 is 10.6 Å². The molecule has 1 aromatic carbocycles. The van der Waals surface area contributed by atoms with Gasteiger partial charge in [0.2, 0.25) is 5.91 Å². The van der Waals surface area contributed by atoms with E-state index in [4.69, 9.17) is 0 Å². The number of halogens is 1. The Balaban J connectivity index is 2.41. The molecule has 15 heavy (non-hydrogen) atoms. The second-order valence-electron chi connectivity index (χ2n) is 3.22. The Morgan fingerprint density at radius 2 is 2.07 bits per heavy atom. The van der Waals surface area contributed by atoms with E-state index < -0.39 is 0 Å². The van der Waals surface area contributed by atoms with Gasteiger partial charge in [-0.15, -0.1) is 0 Å². The lowest BCUT2D eigenvalue weighted by Gasteiger charge is -2.06. The van der Waals surface area contributed by atoms with Crippen molar-refractivity contribution in [1.29, 1.82) is 0 Å². The van der Waals surface area contributed by atoms with Crippen LogP contribution in [0.4, 0.5) is 0 Å². The maximum atomic E-state index is 11.5. The minimum atomic E-state index is 0.0529. The predicted molar refractivity (Wildman–Crippen MR) is 64.8 cm³/mol. The van der Waals surface area contributed by atoms with Crippen LogP contribution >= 0.6 is 15.9 Å². The van der Waals surface area contributed by atoms with Gasteiger partial charge in [0, 0.05) is 17.6 Å². The van der Waals surface area contributed by atoms with E-state index in [0.717, 1.165) is 16.6 Å². The highest BCUT2D eigenvalue weighted by atomic mass is 79.9. The minimum Gasteiger partial charge on any atom is -0.355 e. The molecule has 0 unspecified atom stereocenters. The van der Waals surface area contributed by atoms with Crippen molar-refractivity contribution < 1.29 is 4.79 Å². The van der Waals surface area contributed by atoms with E-state index in [1.165, 1.54) is 0 Å². The predicted octanol–water partition coefficient (Wildman–Crippen LogP) is 1.33. The molecule has 0 aliphatic heterocycles. The average Bonchev–Trinajstić information content (AvgIpc) is 2.22.